The lowest BCUT2D eigenvalue weighted by molar-refractivity contribution is -0.176. The fourth-order valence-electron chi connectivity index (χ4n) is 5.28. The quantitative estimate of drug-likeness (QED) is 0.394. The summed E-state index contributed by atoms with van der Waals surface area (Å²) >= 11 is 26.0. The van der Waals surface area contributed by atoms with Gasteiger partial charge in [-0.25, -0.2) is 0 Å². The maximum Gasteiger partial charge on any atom is 0.259 e. The van der Waals surface area contributed by atoms with Gasteiger partial charge in [-0.05, 0) is 6.42 Å². The van der Waals surface area contributed by atoms with E-state index in [9.17, 15) is 14.8 Å². The molecule has 3 saturated heterocycles. The van der Waals surface area contributed by atoms with Gasteiger partial charge in [-0.1, -0.05) is 23.2 Å². The highest BCUT2D eigenvalue weighted by Gasteiger charge is 2.81. The number of carbonyl (C=O) groups excluding carboxylic acids is 2. The minimum absolute atomic E-state index is 0.194. The van der Waals surface area contributed by atoms with Crippen molar-refractivity contribution in [3.05, 3.63) is 10.1 Å². The topological polar surface area (TPSA) is 66.8 Å². The highest BCUT2D eigenvalue weighted by molar-refractivity contribution is 6.51. The number of rotatable bonds is 0. The van der Waals surface area contributed by atoms with E-state index in [1.54, 1.807) is 0 Å². The largest absolute Gasteiger partial charge is 0.373 e. The van der Waals surface area contributed by atoms with Gasteiger partial charge in [0.25, 0.3) is 11.8 Å². The molecule has 2 aliphatic carbocycles. The summed E-state index contributed by atoms with van der Waals surface area (Å²) in [4.78, 5) is 22.3. The number of halogens is 4. The number of hydrogen-bond donors (Lipinski definition) is 1. The lowest BCUT2D eigenvalue weighted by Crippen LogP contribution is -2.50. The molecule has 0 radical (unpaired) electrons. The van der Waals surface area contributed by atoms with Crippen LogP contribution in [0.5, 0.6) is 0 Å². The second-order valence-corrected chi connectivity index (χ2v) is 8.79. The minimum atomic E-state index is -0.971. The molecule has 3 heterocycles. The van der Waals surface area contributed by atoms with Crippen molar-refractivity contribution < 1.29 is 19.5 Å². The Bertz CT molecular complexity index is 644. The molecule has 4 bridgehead atoms. The molecular formula is C13H9Cl4NO4. The maximum atomic E-state index is 12.1. The van der Waals surface area contributed by atoms with Crippen LogP contribution in [0.4, 0.5) is 0 Å². The lowest BCUT2D eigenvalue weighted by Gasteiger charge is -2.40. The molecule has 1 saturated carbocycles. The number of carbonyl (C=O) groups is 2. The van der Waals surface area contributed by atoms with Crippen molar-refractivity contribution in [2.45, 2.75) is 28.4 Å². The summed E-state index contributed by atoms with van der Waals surface area (Å²) in [7, 11) is 0. The van der Waals surface area contributed by atoms with Crippen LogP contribution >= 0.6 is 46.4 Å². The molecule has 5 rings (SSSR count). The third-order valence-corrected chi connectivity index (χ3v) is 8.48. The first kappa shape index (κ1) is 14.3. The summed E-state index contributed by atoms with van der Waals surface area (Å²) in [6.45, 7) is 0. The Labute approximate surface area is 145 Å². The van der Waals surface area contributed by atoms with E-state index in [0.717, 1.165) is 0 Å². The summed E-state index contributed by atoms with van der Waals surface area (Å²) in [5, 5.41) is 10.4. The van der Waals surface area contributed by atoms with Crippen LogP contribution in [-0.4, -0.2) is 44.0 Å². The van der Waals surface area contributed by atoms with Gasteiger partial charge in [0.05, 0.1) is 43.9 Å². The Morgan fingerprint density at radius 2 is 1.41 bits per heavy atom. The smallest absolute Gasteiger partial charge is 0.259 e. The summed E-state index contributed by atoms with van der Waals surface area (Å²) in [5.74, 6) is -3.31. The van der Waals surface area contributed by atoms with E-state index in [1.807, 2.05) is 0 Å². The zero-order chi connectivity index (χ0) is 15.8. The molecular weight excluding hydrogens is 376 g/mol. The number of allylic oxidation sites excluding steroid dienone is 2. The van der Waals surface area contributed by atoms with E-state index < -0.39 is 45.6 Å². The van der Waals surface area contributed by atoms with Crippen LogP contribution in [-0.2, 0) is 14.3 Å². The van der Waals surface area contributed by atoms with Crippen LogP contribution in [0.15, 0.2) is 10.1 Å². The third-order valence-electron chi connectivity index (χ3n) is 5.99. The predicted octanol–water partition coefficient (Wildman–Crippen LogP) is 2.05. The van der Waals surface area contributed by atoms with E-state index >= 15 is 0 Å². The van der Waals surface area contributed by atoms with Gasteiger partial charge in [-0.3, -0.25) is 14.8 Å². The molecule has 9 heteroatoms. The monoisotopic (exact) mass is 383 g/mol. The normalized spacial score (nSPS) is 58.1. The van der Waals surface area contributed by atoms with Gasteiger partial charge in [0.2, 0.25) is 0 Å². The van der Waals surface area contributed by atoms with Gasteiger partial charge in [-0.2, -0.15) is 5.06 Å². The number of amides is 2. The summed E-state index contributed by atoms with van der Waals surface area (Å²) in [6.07, 6.45) is -0.799. The fraction of sp³-hybridized carbons (Fsp3) is 0.692. The van der Waals surface area contributed by atoms with E-state index in [0.29, 0.717) is 16.5 Å². The van der Waals surface area contributed by atoms with Crippen LogP contribution in [0.3, 0.4) is 0 Å². The Balaban J connectivity index is 1.68. The number of hydrogen-bond acceptors (Lipinski definition) is 4. The predicted molar refractivity (Wildman–Crippen MR) is 76.8 cm³/mol. The molecule has 4 fully saturated rings. The number of fused-ring (bicyclic) bond motifs is 12. The molecule has 3 aliphatic heterocycles. The van der Waals surface area contributed by atoms with Crippen LogP contribution < -0.4 is 0 Å². The van der Waals surface area contributed by atoms with Crippen molar-refractivity contribution in [2.24, 2.45) is 23.7 Å². The number of alkyl halides is 2. The zero-order valence-corrected chi connectivity index (χ0v) is 13.8. The molecule has 5 aliphatic rings. The molecule has 1 N–H and O–H groups in total. The second-order valence-electron chi connectivity index (χ2n) is 6.69. The number of imide groups is 1. The molecule has 0 aromatic carbocycles. The van der Waals surface area contributed by atoms with Crippen molar-refractivity contribution in [1.82, 2.24) is 5.06 Å². The molecule has 0 unspecified atom stereocenters. The molecule has 5 nitrogen and oxygen atoms in total. The van der Waals surface area contributed by atoms with Crippen molar-refractivity contribution in [3.8, 4) is 0 Å². The number of ether oxygens (including phenoxy) is 1. The van der Waals surface area contributed by atoms with Crippen LogP contribution in [0, 0.1) is 23.7 Å². The molecule has 0 aromatic heterocycles. The Kier molecular flexibility index (Phi) is 2.46. The number of hydroxylamine groups is 2. The van der Waals surface area contributed by atoms with Crippen molar-refractivity contribution >= 4 is 58.2 Å². The first-order chi connectivity index (χ1) is 10.2. The first-order valence-corrected chi connectivity index (χ1v) is 8.41. The second kappa shape index (κ2) is 3.79. The first-order valence-electron chi connectivity index (χ1n) is 6.89. The van der Waals surface area contributed by atoms with Gasteiger partial charge in [0.15, 0.2) is 0 Å². The average Bonchev–Trinajstić information content (AvgIpc) is 3.18. The van der Waals surface area contributed by atoms with E-state index in [2.05, 4.69) is 0 Å². The van der Waals surface area contributed by atoms with Crippen LogP contribution in [0.2, 0.25) is 0 Å². The zero-order valence-electron chi connectivity index (χ0n) is 10.8. The van der Waals surface area contributed by atoms with Crippen molar-refractivity contribution in [2.75, 3.05) is 0 Å². The minimum Gasteiger partial charge on any atom is -0.373 e. The molecule has 0 spiro atoms. The van der Waals surface area contributed by atoms with Gasteiger partial charge in [0, 0.05) is 11.8 Å². The van der Waals surface area contributed by atoms with E-state index in [1.165, 1.54) is 0 Å². The Morgan fingerprint density at radius 1 is 1.00 bits per heavy atom. The molecule has 2 amide bonds. The summed E-state index contributed by atoms with van der Waals surface area (Å²) in [5.41, 5.74) is 0. The molecule has 118 valence electrons. The third kappa shape index (κ3) is 1.18. The summed E-state index contributed by atoms with van der Waals surface area (Å²) in [6, 6.07) is 0. The van der Waals surface area contributed by atoms with E-state index in [4.69, 9.17) is 51.1 Å². The van der Waals surface area contributed by atoms with Gasteiger partial charge in [0.1, 0.15) is 0 Å². The van der Waals surface area contributed by atoms with E-state index in [-0.39, 0.29) is 16.9 Å². The Hall–Kier alpha value is -0.0400. The maximum absolute atomic E-state index is 12.1. The van der Waals surface area contributed by atoms with Gasteiger partial charge >= 0.3 is 0 Å². The molecule has 22 heavy (non-hydrogen) atoms. The standard InChI is InChI=1S/C13H9Cl4NO4/c14-8-9(15)13(17)1-12(8,16)4-5(13)7-3-2(6(4)22-7)10(19)18(21)11(3)20/h2-7,21H,1H2/t2-,3+,4-,5+,6+,7-,12-,13-/m0/s1. The molecule has 0 aromatic rings. The Morgan fingerprint density at radius 3 is 1.82 bits per heavy atom. The van der Waals surface area contributed by atoms with Crippen molar-refractivity contribution in [3.63, 3.8) is 0 Å². The molecule has 8 atom stereocenters. The van der Waals surface area contributed by atoms with Gasteiger partial charge < -0.3 is 4.74 Å². The van der Waals surface area contributed by atoms with Gasteiger partial charge in [-0.15, -0.1) is 23.2 Å². The summed E-state index contributed by atoms with van der Waals surface area (Å²) < 4.78 is 5.91. The van der Waals surface area contributed by atoms with Crippen LogP contribution in [0.25, 0.3) is 0 Å². The number of nitrogens with zero attached hydrogens (tertiary/aromatic N) is 1. The highest BCUT2D eigenvalue weighted by atomic mass is 35.5. The van der Waals surface area contributed by atoms with Crippen molar-refractivity contribution in [1.29, 1.82) is 0 Å². The lowest BCUT2D eigenvalue weighted by atomic mass is 9.65. The fourth-order valence-corrected chi connectivity index (χ4v) is 7.29. The highest BCUT2D eigenvalue weighted by Crippen LogP contribution is 2.75. The average molecular weight is 385 g/mol. The van der Waals surface area contributed by atoms with Crippen LogP contribution in [0.1, 0.15) is 6.42 Å². The SMILES string of the molecule is O=C1[C@@H]2[C@H]3O[C@@H]([C@@H]2C(=O)N1O)[C@H]1[C@@H]3[C@@]2(Cl)C[C@@]1(Cl)C(Cl)=C2Cl.